The quantitative estimate of drug-likeness (QED) is 0.532. The molecule has 0 aromatic rings. The van der Waals surface area contributed by atoms with Gasteiger partial charge in [-0.25, -0.2) is 4.79 Å². The molecule has 0 saturated carbocycles. The summed E-state index contributed by atoms with van der Waals surface area (Å²) in [5, 5.41) is 0. The average molecular weight is 160 g/mol. The van der Waals surface area contributed by atoms with Crippen molar-refractivity contribution < 1.29 is 19.0 Å². The fraction of sp³-hybridized carbons (Fsp3) is 0.857. The molecule has 0 bridgehead atoms. The molecule has 1 aliphatic rings. The first-order valence-corrected chi connectivity index (χ1v) is 3.50. The Bertz CT molecular complexity index is 145. The Hall–Kier alpha value is -0.610. The van der Waals surface area contributed by atoms with Gasteiger partial charge in [0.05, 0.1) is 19.8 Å². The van der Waals surface area contributed by atoms with Crippen molar-refractivity contribution in [1.29, 1.82) is 0 Å². The summed E-state index contributed by atoms with van der Waals surface area (Å²) in [6.07, 6.45) is 0.215. The van der Waals surface area contributed by atoms with E-state index in [0.717, 1.165) is 0 Å². The van der Waals surface area contributed by atoms with Crippen molar-refractivity contribution in [2.75, 3.05) is 20.8 Å². The Morgan fingerprint density at radius 1 is 1.55 bits per heavy atom. The standard InChI is InChI=1S/C7H12O4/c1-9-5-3-6(11-4-5)7(8)10-2/h5-6H,3-4H2,1-2H3. The third-order valence-corrected chi connectivity index (χ3v) is 1.76. The van der Waals surface area contributed by atoms with Crippen molar-refractivity contribution in [3.05, 3.63) is 0 Å². The van der Waals surface area contributed by atoms with Crippen LogP contribution in [0.2, 0.25) is 0 Å². The number of ether oxygens (including phenoxy) is 3. The van der Waals surface area contributed by atoms with Crippen molar-refractivity contribution in [2.24, 2.45) is 0 Å². The van der Waals surface area contributed by atoms with E-state index >= 15 is 0 Å². The molecule has 0 N–H and O–H groups in total. The molecular formula is C7H12O4. The van der Waals surface area contributed by atoms with Gasteiger partial charge in [-0.05, 0) is 0 Å². The van der Waals surface area contributed by atoms with Crippen LogP contribution in [0.3, 0.4) is 0 Å². The van der Waals surface area contributed by atoms with Gasteiger partial charge in [0.25, 0.3) is 0 Å². The van der Waals surface area contributed by atoms with Crippen molar-refractivity contribution in [3.63, 3.8) is 0 Å². The summed E-state index contributed by atoms with van der Waals surface area (Å²) in [4.78, 5) is 10.9. The van der Waals surface area contributed by atoms with Crippen LogP contribution in [0.1, 0.15) is 6.42 Å². The van der Waals surface area contributed by atoms with Crippen molar-refractivity contribution in [1.82, 2.24) is 0 Å². The van der Waals surface area contributed by atoms with Crippen molar-refractivity contribution >= 4 is 5.97 Å². The smallest absolute Gasteiger partial charge is 0.335 e. The molecule has 0 amide bonds. The molecule has 0 radical (unpaired) electrons. The molecule has 4 heteroatoms. The van der Waals surface area contributed by atoms with Gasteiger partial charge in [-0.15, -0.1) is 0 Å². The van der Waals surface area contributed by atoms with Crippen LogP contribution in [0.4, 0.5) is 0 Å². The van der Waals surface area contributed by atoms with Crippen LogP contribution in [0.5, 0.6) is 0 Å². The zero-order valence-corrected chi connectivity index (χ0v) is 6.70. The summed E-state index contributed by atoms with van der Waals surface area (Å²) >= 11 is 0. The maximum absolute atomic E-state index is 10.9. The van der Waals surface area contributed by atoms with Crippen LogP contribution in [-0.2, 0) is 19.0 Å². The lowest BCUT2D eigenvalue weighted by Crippen LogP contribution is -2.21. The largest absolute Gasteiger partial charge is 0.467 e. The van der Waals surface area contributed by atoms with Gasteiger partial charge in [-0.1, -0.05) is 0 Å². The molecule has 1 rings (SSSR count). The van der Waals surface area contributed by atoms with Gasteiger partial charge in [-0.3, -0.25) is 0 Å². The summed E-state index contributed by atoms with van der Waals surface area (Å²) < 4.78 is 14.6. The molecule has 1 saturated heterocycles. The van der Waals surface area contributed by atoms with E-state index in [9.17, 15) is 4.79 Å². The minimum atomic E-state index is -0.426. The second kappa shape index (κ2) is 3.69. The number of hydrogen-bond donors (Lipinski definition) is 0. The molecule has 0 aliphatic carbocycles. The van der Waals surface area contributed by atoms with E-state index in [-0.39, 0.29) is 12.1 Å². The summed E-state index contributed by atoms with van der Waals surface area (Å²) in [7, 11) is 2.96. The average Bonchev–Trinajstić information content (AvgIpc) is 2.50. The van der Waals surface area contributed by atoms with Gasteiger partial charge in [0.2, 0.25) is 0 Å². The molecule has 4 nitrogen and oxygen atoms in total. The van der Waals surface area contributed by atoms with E-state index < -0.39 is 6.10 Å². The van der Waals surface area contributed by atoms with Gasteiger partial charge in [-0.2, -0.15) is 0 Å². The molecule has 1 fully saturated rings. The second-order valence-electron chi connectivity index (χ2n) is 2.44. The van der Waals surface area contributed by atoms with E-state index in [4.69, 9.17) is 9.47 Å². The van der Waals surface area contributed by atoms with Crippen LogP contribution in [0, 0.1) is 0 Å². The lowest BCUT2D eigenvalue weighted by Gasteiger charge is -2.05. The summed E-state index contributed by atoms with van der Waals surface area (Å²) in [5.41, 5.74) is 0. The Kier molecular flexibility index (Phi) is 2.84. The zero-order chi connectivity index (χ0) is 8.27. The van der Waals surface area contributed by atoms with E-state index in [1.165, 1.54) is 7.11 Å². The normalized spacial score (nSPS) is 30.4. The molecule has 2 unspecified atom stereocenters. The van der Waals surface area contributed by atoms with E-state index in [0.29, 0.717) is 13.0 Å². The lowest BCUT2D eigenvalue weighted by atomic mass is 10.2. The van der Waals surface area contributed by atoms with Gasteiger partial charge in [0, 0.05) is 13.5 Å². The highest BCUT2D eigenvalue weighted by atomic mass is 16.6. The second-order valence-corrected chi connectivity index (χ2v) is 2.44. The number of carbonyl (C=O) groups excluding carboxylic acids is 1. The molecule has 1 heterocycles. The fourth-order valence-corrected chi connectivity index (χ4v) is 1.06. The van der Waals surface area contributed by atoms with Gasteiger partial charge >= 0.3 is 5.97 Å². The van der Waals surface area contributed by atoms with Crippen molar-refractivity contribution in [3.8, 4) is 0 Å². The molecule has 64 valence electrons. The Morgan fingerprint density at radius 3 is 2.73 bits per heavy atom. The number of esters is 1. The predicted molar refractivity (Wildman–Crippen MR) is 37.2 cm³/mol. The van der Waals surface area contributed by atoms with Crippen molar-refractivity contribution in [2.45, 2.75) is 18.6 Å². The molecule has 11 heavy (non-hydrogen) atoms. The fourth-order valence-electron chi connectivity index (χ4n) is 1.06. The summed E-state index contributed by atoms with van der Waals surface area (Å²) in [5.74, 6) is -0.315. The first-order chi connectivity index (χ1) is 5.27. The maximum Gasteiger partial charge on any atom is 0.335 e. The molecule has 1 aliphatic heterocycles. The summed E-state index contributed by atoms with van der Waals surface area (Å²) in [6.45, 7) is 0.482. The molecular weight excluding hydrogens is 148 g/mol. The molecule has 2 atom stereocenters. The van der Waals surface area contributed by atoms with Crippen LogP contribution in [-0.4, -0.2) is 39.0 Å². The van der Waals surface area contributed by atoms with E-state index in [1.807, 2.05) is 0 Å². The first kappa shape index (κ1) is 8.49. The van der Waals surface area contributed by atoms with Gasteiger partial charge < -0.3 is 14.2 Å². The van der Waals surface area contributed by atoms with E-state index in [1.54, 1.807) is 7.11 Å². The topological polar surface area (TPSA) is 44.8 Å². The third kappa shape index (κ3) is 1.91. The maximum atomic E-state index is 10.9. The SMILES string of the molecule is COC(=O)C1CC(OC)CO1. The highest BCUT2D eigenvalue weighted by Gasteiger charge is 2.31. The predicted octanol–water partition coefficient (Wildman–Crippen LogP) is -0.0367. The molecule has 0 aromatic heterocycles. The minimum Gasteiger partial charge on any atom is -0.467 e. The minimum absolute atomic E-state index is 0.0408. The van der Waals surface area contributed by atoms with Crippen LogP contribution < -0.4 is 0 Å². The first-order valence-electron chi connectivity index (χ1n) is 3.50. The number of methoxy groups -OCH3 is 2. The number of hydrogen-bond acceptors (Lipinski definition) is 4. The zero-order valence-electron chi connectivity index (χ0n) is 6.70. The molecule has 0 spiro atoms. The number of carbonyl (C=O) groups is 1. The van der Waals surface area contributed by atoms with E-state index in [2.05, 4.69) is 4.74 Å². The highest BCUT2D eigenvalue weighted by molar-refractivity contribution is 5.74. The van der Waals surface area contributed by atoms with Crippen LogP contribution >= 0.6 is 0 Å². The van der Waals surface area contributed by atoms with Gasteiger partial charge in [0.1, 0.15) is 0 Å². The Morgan fingerprint density at radius 2 is 2.27 bits per heavy atom. The van der Waals surface area contributed by atoms with Crippen LogP contribution in [0.15, 0.2) is 0 Å². The Labute approximate surface area is 65.4 Å². The van der Waals surface area contributed by atoms with Crippen LogP contribution in [0.25, 0.3) is 0 Å². The number of rotatable bonds is 2. The summed E-state index contributed by atoms with van der Waals surface area (Å²) in [6, 6.07) is 0. The van der Waals surface area contributed by atoms with Gasteiger partial charge in [0.15, 0.2) is 6.10 Å². The lowest BCUT2D eigenvalue weighted by molar-refractivity contribution is -0.151. The highest BCUT2D eigenvalue weighted by Crippen LogP contribution is 2.16. The molecule has 0 aromatic carbocycles. The third-order valence-electron chi connectivity index (χ3n) is 1.76. The monoisotopic (exact) mass is 160 g/mol. The Balaban J connectivity index is 2.35.